The van der Waals surface area contributed by atoms with Gasteiger partial charge in [-0.2, -0.15) is 0 Å². The third kappa shape index (κ3) is 7.86. The van der Waals surface area contributed by atoms with Crippen LogP contribution in [0.15, 0.2) is 0 Å². The molecule has 3 heteroatoms. The molecule has 0 aliphatic carbocycles. The van der Waals surface area contributed by atoms with Crippen LogP contribution in [0, 0.1) is 5.41 Å². The Kier molecular flexibility index (Phi) is 5.31. The fourth-order valence-electron chi connectivity index (χ4n) is 0.680. The van der Waals surface area contributed by atoms with Gasteiger partial charge in [0, 0.05) is 18.8 Å². The lowest BCUT2D eigenvalue weighted by Gasteiger charge is -2.18. The van der Waals surface area contributed by atoms with Crippen LogP contribution in [-0.2, 0) is 4.79 Å². The molecule has 0 radical (unpaired) electrons. The number of hydrogen-bond acceptors (Lipinski definition) is 1. The monoisotopic (exact) mass is 191 g/mol. The minimum Gasteiger partial charge on any atom is -0.356 e. The van der Waals surface area contributed by atoms with E-state index in [1.165, 1.54) is 0 Å². The summed E-state index contributed by atoms with van der Waals surface area (Å²) in [5.41, 5.74) is 0.163. The highest BCUT2D eigenvalue weighted by Gasteiger charge is 2.11. The molecule has 12 heavy (non-hydrogen) atoms. The van der Waals surface area contributed by atoms with Gasteiger partial charge in [0.05, 0.1) is 0 Å². The van der Waals surface area contributed by atoms with Crippen molar-refractivity contribution >= 4 is 17.5 Å². The summed E-state index contributed by atoms with van der Waals surface area (Å²) in [7, 11) is 0. The number of nitrogens with one attached hydrogen (secondary N) is 1. The number of rotatable bonds is 4. The van der Waals surface area contributed by atoms with Gasteiger partial charge < -0.3 is 5.32 Å². The standard InChI is InChI=1S/C9H18ClNO/c1-9(2,3)7-11-8(12)5-4-6-10/h4-7H2,1-3H3,(H,11,12). The molecule has 0 spiro atoms. The van der Waals surface area contributed by atoms with Gasteiger partial charge in [-0.25, -0.2) is 0 Å². The second kappa shape index (κ2) is 5.41. The average Bonchev–Trinajstić information content (AvgIpc) is 1.95. The van der Waals surface area contributed by atoms with Crippen molar-refractivity contribution in [1.82, 2.24) is 5.32 Å². The maximum Gasteiger partial charge on any atom is 0.220 e. The van der Waals surface area contributed by atoms with E-state index in [1.54, 1.807) is 0 Å². The maximum absolute atomic E-state index is 11.1. The summed E-state index contributed by atoms with van der Waals surface area (Å²) in [5.74, 6) is 0.661. The SMILES string of the molecule is CC(C)(C)CNC(=O)CCCCl. The Balaban J connectivity index is 3.44. The zero-order chi connectivity index (χ0) is 9.61. The van der Waals surface area contributed by atoms with E-state index < -0.39 is 0 Å². The first-order valence-corrected chi connectivity index (χ1v) is 4.82. The van der Waals surface area contributed by atoms with Crippen LogP contribution < -0.4 is 5.32 Å². The molecule has 0 heterocycles. The largest absolute Gasteiger partial charge is 0.356 e. The van der Waals surface area contributed by atoms with Crippen LogP contribution in [0.4, 0.5) is 0 Å². The first kappa shape index (κ1) is 11.8. The molecule has 0 unspecified atom stereocenters. The molecular weight excluding hydrogens is 174 g/mol. The lowest BCUT2D eigenvalue weighted by Crippen LogP contribution is -2.32. The second-order valence-corrected chi connectivity index (χ2v) is 4.51. The molecule has 0 aromatic rings. The first-order chi connectivity index (χ1) is 5.45. The summed E-state index contributed by atoms with van der Waals surface area (Å²) in [5, 5.41) is 2.86. The van der Waals surface area contributed by atoms with E-state index in [0.717, 1.165) is 13.0 Å². The molecule has 0 bridgehead atoms. The Morgan fingerprint density at radius 1 is 1.42 bits per heavy atom. The van der Waals surface area contributed by atoms with Crippen LogP contribution in [0.25, 0.3) is 0 Å². The van der Waals surface area contributed by atoms with Crippen molar-refractivity contribution in [2.75, 3.05) is 12.4 Å². The lowest BCUT2D eigenvalue weighted by molar-refractivity contribution is -0.121. The lowest BCUT2D eigenvalue weighted by atomic mass is 9.97. The molecule has 0 atom stereocenters. The van der Waals surface area contributed by atoms with Crippen LogP contribution in [0.3, 0.4) is 0 Å². The molecule has 0 saturated heterocycles. The molecule has 0 aliphatic heterocycles. The van der Waals surface area contributed by atoms with Crippen LogP contribution in [0.1, 0.15) is 33.6 Å². The van der Waals surface area contributed by atoms with Crippen molar-refractivity contribution in [2.45, 2.75) is 33.6 Å². The van der Waals surface area contributed by atoms with Crippen LogP contribution >= 0.6 is 11.6 Å². The number of amides is 1. The number of alkyl halides is 1. The Hall–Kier alpha value is -0.240. The molecule has 0 aromatic carbocycles. The van der Waals surface area contributed by atoms with Gasteiger partial charge in [0.25, 0.3) is 0 Å². The van der Waals surface area contributed by atoms with Gasteiger partial charge in [0.15, 0.2) is 0 Å². The molecule has 0 fully saturated rings. The van der Waals surface area contributed by atoms with E-state index in [4.69, 9.17) is 11.6 Å². The van der Waals surface area contributed by atoms with Gasteiger partial charge in [-0.05, 0) is 11.8 Å². The summed E-state index contributed by atoms with van der Waals surface area (Å²) in [6, 6.07) is 0. The summed E-state index contributed by atoms with van der Waals surface area (Å²) >= 11 is 5.46. The summed E-state index contributed by atoms with van der Waals surface area (Å²) in [4.78, 5) is 11.1. The van der Waals surface area contributed by atoms with Gasteiger partial charge in [0.1, 0.15) is 0 Å². The van der Waals surface area contributed by atoms with E-state index in [0.29, 0.717) is 12.3 Å². The van der Waals surface area contributed by atoms with Crippen molar-refractivity contribution in [2.24, 2.45) is 5.41 Å². The van der Waals surface area contributed by atoms with E-state index in [-0.39, 0.29) is 11.3 Å². The van der Waals surface area contributed by atoms with Crippen LogP contribution in [0.2, 0.25) is 0 Å². The predicted molar refractivity (Wildman–Crippen MR) is 52.4 cm³/mol. The van der Waals surface area contributed by atoms with E-state index in [9.17, 15) is 4.79 Å². The smallest absolute Gasteiger partial charge is 0.220 e. The van der Waals surface area contributed by atoms with Gasteiger partial charge in [-0.3, -0.25) is 4.79 Å². The minimum atomic E-state index is 0.102. The number of halogens is 1. The second-order valence-electron chi connectivity index (χ2n) is 4.13. The topological polar surface area (TPSA) is 29.1 Å². The third-order valence-electron chi connectivity index (χ3n) is 1.35. The van der Waals surface area contributed by atoms with Crippen LogP contribution in [-0.4, -0.2) is 18.3 Å². The highest BCUT2D eigenvalue weighted by molar-refractivity contribution is 6.17. The fourth-order valence-corrected chi connectivity index (χ4v) is 0.813. The molecule has 0 saturated carbocycles. The predicted octanol–water partition coefficient (Wildman–Crippen LogP) is 2.17. The van der Waals surface area contributed by atoms with Crippen molar-refractivity contribution in [3.05, 3.63) is 0 Å². The molecule has 1 amide bonds. The highest BCUT2D eigenvalue weighted by atomic mass is 35.5. The molecule has 0 aliphatic rings. The summed E-state index contributed by atoms with van der Waals surface area (Å²) in [6.07, 6.45) is 1.30. The van der Waals surface area contributed by atoms with E-state index >= 15 is 0 Å². The maximum atomic E-state index is 11.1. The number of carbonyl (C=O) groups excluding carboxylic acids is 1. The molecule has 0 rings (SSSR count). The van der Waals surface area contributed by atoms with Crippen LogP contribution in [0.5, 0.6) is 0 Å². The molecule has 1 N–H and O–H groups in total. The highest BCUT2D eigenvalue weighted by Crippen LogP contribution is 2.10. The molecule has 72 valence electrons. The van der Waals surface area contributed by atoms with Crippen molar-refractivity contribution in [1.29, 1.82) is 0 Å². The fraction of sp³-hybridized carbons (Fsp3) is 0.889. The minimum absolute atomic E-state index is 0.102. The molecule has 2 nitrogen and oxygen atoms in total. The Bertz CT molecular complexity index is 140. The van der Waals surface area contributed by atoms with Gasteiger partial charge in [0.2, 0.25) is 5.91 Å². The Morgan fingerprint density at radius 2 is 2.00 bits per heavy atom. The molecule has 0 aromatic heterocycles. The molecular formula is C9H18ClNO. The Labute approximate surface area is 79.7 Å². The zero-order valence-electron chi connectivity index (χ0n) is 8.11. The average molecular weight is 192 g/mol. The first-order valence-electron chi connectivity index (χ1n) is 4.28. The van der Waals surface area contributed by atoms with Crippen molar-refractivity contribution < 1.29 is 4.79 Å². The van der Waals surface area contributed by atoms with E-state index in [2.05, 4.69) is 26.1 Å². The van der Waals surface area contributed by atoms with Crippen molar-refractivity contribution in [3.63, 3.8) is 0 Å². The number of hydrogen-bond donors (Lipinski definition) is 1. The third-order valence-corrected chi connectivity index (χ3v) is 1.62. The summed E-state index contributed by atoms with van der Waals surface area (Å²) in [6.45, 7) is 7.01. The Morgan fingerprint density at radius 3 is 2.42 bits per heavy atom. The normalized spacial score (nSPS) is 11.3. The zero-order valence-corrected chi connectivity index (χ0v) is 8.87. The van der Waals surface area contributed by atoms with Gasteiger partial charge >= 0.3 is 0 Å². The number of carbonyl (C=O) groups is 1. The quantitative estimate of drug-likeness (QED) is 0.679. The summed E-state index contributed by atoms with van der Waals surface area (Å²) < 4.78 is 0. The van der Waals surface area contributed by atoms with Gasteiger partial charge in [-0.15, -0.1) is 11.6 Å². The van der Waals surface area contributed by atoms with Gasteiger partial charge in [-0.1, -0.05) is 20.8 Å². The van der Waals surface area contributed by atoms with Crippen molar-refractivity contribution in [3.8, 4) is 0 Å². The van der Waals surface area contributed by atoms with E-state index in [1.807, 2.05) is 0 Å².